The highest BCUT2D eigenvalue weighted by Crippen LogP contribution is 2.29. The number of anilines is 1. The lowest BCUT2D eigenvalue weighted by atomic mass is 10.00. The van der Waals surface area contributed by atoms with E-state index in [2.05, 4.69) is 5.32 Å². The maximum atomic E-state index is 14.3. The molecule has 0 aliphatic carbocycles. The summed E-state index contributed by atoms with van der Waals surface area (Å²) in [5.74, 6) is -2.78. The number of nitrogens with one attached hydrogen (secondary N) is 1. The quantitative estimate of drug-likeness (QED) is 0.810. The van der Waals surface area contributed by atoms with Crippen LogP contribution in [0.25, 0.3) is 0 Å². The first kappa shape index (κ1) is 19.1. The van der Waals surface area contributed by atoms with Gasteiger partial charge in [0.2, 0.25) is 0 Å². The van der Waals surface area contributed by atoms with Crippen molar-refractivity contribution in [2.75, 3.05) is 18.4 Å². The van der Waals surface area contributed by atoms with Crippen molar-refractivity contribution in [2.45, 2.75) is 25.6 Å². The van der Waals surface area contributed by atoms with Gasteiger partial charge >= 0.3 is 12.1 Å². The number of hydrogen-bond donors (Lipinski definition) is 1. The fourth-order valence-electron chi connectivity index (χ4n) is 3.16. The van der Waals surface area contributed by atoms with Gasteiger partial charge in [0.15, 0.2) is 0 Å². The van der Waals surface area contributed by atoms with Crippen LogP contribution in [0.2, 0.25) is 0 Å². The van der Waals surface area contributed by atoms with Gasteiger partial charge in [0.1, 0.15) is 11.6 Å². The predicted molar refractivity (Wildman–Crippen MR) is 90.2 cm³/mol. The summed E-state index contributed by atoms with van der Waals surface area (Å²) in [6.07, 6.45) is -4.60. The molecule has 27 heavy (non-hydrogen) atoms. The van der Waals surface area contributed by atoms with Crippen molar-refractivity contribution in [1.29, 1.82) is 0 Å². The topological polar surface area (TPSA) is 32.3 Å². The number of carbonyl (C=O) groups excluding carboxylic acids is 1. The van der Waals surface area contributed by atoms with Crippen LogP contribution < -0.4 is 5.32 Å². The van der Waals surface area contributed by atoms with E-state index < -0.39 is 17.9 Å². The van der Waals surface area contributed by atoms with Crippen molar-refractivity contribution in [3.63, 3.8) is 0 Å². The average molecular weight is 384 g/mol. The Bertz CT molecular complexity index is 833. The van der Waals surface area contributed by atoms with Gasteiger partial charge in [-0.25, -0.2) is 8.78 Å². The van der Waals surface area contributed by atoms with Crippen LogP contribution in [0.15, 0.2) is 36.4 Å². The third-order valence-corrected chi connectivity index (χ3v) is 4.55. The lowest BCUT2D eigenvalue weighted by Crippen LogP contribution is -2.42. The summed E-state index contributed by atoms with van der Waals surface area (Å²) in [6.45, 7) is 0.0211. The molecular weight excluding hydrogens is 367 g/mol. The molecule has 1 heterocycles. The minimum atomic E-state index is -4.93. The van der Waals surface area contributed by atoms with Crippen LogP contribution in [-0.4, -0.2) is 30.1 Å². The van der Waals surface area contributed by atoms with Gasteiger partial charge in [0.05, 0.1) is 5.69 Å². The van der Waals surface area contributed by atoms with Gasteiger partial charge in [-0.05, 0) is 47.7 Å². The molecule has 0 spiro atoms. The number of rotatable bonds is 3. The molecule has 8 heteroatoms. The van der Waals surface area contributed by atoms with Gasteiger partial charge in [0.25, 0.3) is 0 Å². The van der Waals surface area contributed by atoms with Crippen molar-refractivity contribution in [1.82, 2.24) is 4.90 Å². The number of amides is 1. The molecule has 0 radical (unpaired) electrons. The van der Waals surface area contributed by atoms with Crippen molar-refractivity contribution >= 4 is 11.6 Å². The first-order valence-electron chi connectivity index (χ1n) is 8.40. The fourth-order valence-corrected chi connectivity index (χ4v) is 3.16. The number of carbonyl (C=O) groups is 1. The van der Waals surface area contributed by atoms with Crippen LogP contribution in [0.1, 0.15) is 16.7 Å². The molecule has 0 fully saturated rings. The monoisotopic (exact) mass is 384 g/mol. The van der Waals surface area contributed by atoms with Gasteiger partial charge in [-0.15, -0.1) is 0 Å². The van der Waals surface area contributed by atoms with E-state index in [1.54, 1.807) is 12.1 Å². The van der Waals surface area contributed by atoms with Crippen molar-refractivity contribution in [3.8, 4) is 0 Å². The van der Waals surface area contributed by atoms with Crippen LogP contribution >= 0.6 is 0 Å². The molecule has 0 saturated carbocycles. The maximum absolute atomic E-state index is 14.3. The van der Waals surface area contributed by atoms with E-state index in [9.17, 15) is 26.7 Å². The summed E-state index contributed by atoms with van der Waals surface area (Å²) in [4.78, 5) is 12.2. The summed E-state index contributed by atoms with van der Waals surface area (Å²) in [5.41, 5.74) is 2.21. The van der Waals surface area contributed by atoms with E-state index >= 15 is 0 Å². The summed E-state index contributed by atoms with van der Waals surface area (Å²) >= 11 is 0. The van der Waals surface area contributed by atoms with Crippen LogP contribution in [0.5, 0.6) is 0 Å². The summed E-state index contributed by atoms with van der Waals surface area (Å²) < 4.78 is 65.4. The second-order valence-electron chi connectivity index (χ2n) is 6.33. The lowest BCUT2D eigenvalue weighted by Gasteiger charge is -2.21. The molecule has 144 valence electrons. The molecule has 0 aromatic heterocycles. The highest BCUT2D eigenvalue weighted by atomic mass is 19.4. The van der Waals surface area contributed by atoms with E-state index in [4.69, 9.17) is 0 Å². The van der Waals surface area contributed by atoms with E-state index in [-0.39, 0.29) is 44.0 Å². The van der Waals surface area contributed by atoms with E-state index in [1.165, 1.54) is 24.3 Å². The molecule has 1 aliphatic heterocycles. The summed E-state index contributed by atoms with van der Waals surface area (Å²) in [6, 6.07) is 8.50. The first-order valence-corrected chi connectivity index (χ1v) is 8.40. The Balaban J connectivity index is 1.79. The lowest BCUT2D eigenvalue weighted by molar-refractivity contribution is -0.185. The molecule has 0 atom stereocenters. The number of halogens is 5. The Kier molecular flexibility index (Phi) is 5.34. The van der Waals surface area contributed by atoms with Gasteiger partial charge < -0.3 is 10.2 Å². The second-order valence-corrected chi connectivity index (χ2v) is 6.33. The predicted octanol–water partition coefficient (Wildman–Crippen LogP) is 4.07. The van der Waals surface area contributed by atoms with E-state index in [1.807, 2.05) is 0 Å². The molecule has 1 aliphatic rings. The fraction of sp³-hybridized carbons (Fsp3) is 0.316. The van der Waals surface area contributed by atoms with Crippen molar-refractivity contribution < 1.29 is 26.7 Å². The third kappa shape index (κ3) is 4.37. The molecule has 3 rings (SSSR count). The van der Waals surface area contributed by atoms with E-state index in [0.717, 1.165) is 10.5 Å². The number of nitrogens with zero attached hydrogens (tertiary/aromatic N) is 1. The van der Waals surface area contributed by atoms with Crippen LogP contribution in [0.4, 0.5) is 27.6 Å². The zero-order chi connectivity index (χ0) is 19.6. The Morgan fingerprint density at radius 3 is 2.33 bits per heavy atom. The van der Waals surface area contributed by atoms with Crippen LogP contribution in [-0.2, 0) is 24.2 Å². The van der Waals surface area contributed by atoms with Crippen molar-refractivity contribution in [2.24, 2.45) is 0 Å². The molecule has 0 bridgehead atoms. The molecule has 0 unspecified atom stereocenters. The molecular formula is C19H17F5N2O. The van der Waals surface area contributed by atoms with Gasteiger partial charge in [-0.3, -0.25) is 4.79 Å². The van der Waals surface area contributed by atoms with Gasteiger partial charge in [0, 0.05) is 19.6 Å². The van der Waals surface area contributed by atoms with Gasteiger partial charge in [-0.2, -0.15) is 13.2 Å². The molecule has 2 aromatic rings. The number of hydrogen-bond acceptors (Lipinski definition) is 2. The molecule has 1 N–H and O–H groups in total. The highest BCUT2D eigenvalue weighted by molar-refractivity contribution is 5.82. The minimum Gasteiger partial charge on any atom is -0.378 e. The second kappa shape index (κ2) is 7.54. The van der Waals surface area contributed by atoms with E-state index in [0.29, 0.717) is 11.1 Å². The third-order valence-electron chi connectivity index (χ3n) is 4.55. The summed E-state index contributed by atoms with van der Waals surface area (Å²) in [5, 5.41) is 2.96. The van der Waals surface area contributed by atoms with Gasteiger partial charge in [-0.1, -0.05) is 18.2 Å². The Labute approximate surface area is 152 Å². The van der Waals surface area contributed by atoms with Crippen molar-refractivity contribution in [3.05, 3.63) is 64.7 Å². The normalized spacial score (nSPS) is 14.5. The maximum Gasteiger partial charge on any atom is 0.471 e. The first-order chi connectivity index (χ1) is 12.8. The number of benzene rings is 2. The number of alkyl halides is 3. The SMILES string of the molecule is O=C(N1CCc2ccc(F)c(NCc3ccc(F)cc3)c2CC1)C(F)(F)F. The summed E-state index contributed by atoms with van der Waals surface area (Å²) in [7, 11) is 0. The Morgan fingerprint density at radius 2 is 1.67 bits per heavy atom. The number of fused-ring (bicyclic) bond motifs is 1. The standard InChI is InChI=1S/C19H17F5N2O/c20-14-4-1-12(2-5-14)11-25-17-15-8-10-26(18(27)19(22,23)24)9-7-13(15)3-6-16(17)21/h1-6,25H,7-11H2. The molecule has 3 nitrogen and oxygen atoms in total. The van der Waals surface area contributed by atoms with Crippen LogP contribution in [0.3, 0.4) is 0 Å². The largest absolute Gasteiger partial charge is 0.471 e. The molecule has 1 amide bonds. The van der Waals surface area contributed by atoms with Crippen LogP contribution in [0, 0.1) is 11.6 Å². The Hall–Kier alpha value is -2.64. The zero-order valence-corrected chi connectivity index (χ0v) is 14.2. The minimum absolute atomic E-state index is 0.0750. The zero-order valence-electron chi connectivity index (χ0n) is 14.2. The molecule has 0 saturated heterocycles. The Morgan fingerprint density at radius 1 is 1.00 bits per heavy atom. The average Bonchev–Trinajstić information content (AvgIpc) is 2.83. The smallest absolute Gasteiger partial charge is 0.378 e. The molecule has 2 aromatic carbocycles. The highest BCUT2D eigenvalue weighted by Gasteiger charge is 2.42.